The van der Waals surface area contributed by atoms with Crippen molar-refractivity contribution in [1.82, 2.24) is 14.1 Å². The van der Waals surface area contributed by atoms with Crippen LogP contribution in [0.5, 0.6) is 0 Å². The van der Waals surface area contributed by atoms with Gasteiger partial charge in [-0.2, -0.15) is 0 Å². The van der Waals surface area contributed by atoms with E-state index in [1.54, 1.807) is 24.4 Å². The van der Waals surface area contributed by atoms with Crippen molar-refractivity contribution in [1.29, 1.82) is 0 Å². The van der Waals surface area contributed by atoms with Crippen molar-refractivity contribution >= 4 is 10.9 Å². The van der Waals surface area contributed by atoms with Gasteiger partial charge in [0.25, 0.3) is 5.56 Å². The minimum absolute atomic E-state index is 0.0553. The van der Waals surface area contributed by atoms with E-state index in [1.165, 1.54) is 22.9 Å². The van der Waals surface area contributed by atoms with Crippen molar-refractivity contribution in [2.24, 2.45) is 5.92 Å². The number of hydrogen-bond donors (Lipinski definition) is 0. The van der Waals surface area contributed by atoms with Crippen LogP contribution >= 0.6 is 0 Å². The van der Waals surface area contributed by atoms with Crippen LogP contribution in [0.4, 0.5) is 4.39 Å². The Morgan fingerprint density at radius 3 is 2.67 bits per heavy atom. The molecule has 0 bridgehead atoms. The summed E-state index contributed by atoms with van der Waals surface area (Å²) in [6, 6.07) is 7.67. The molecular weight excluding hydrogens is 309 g/mol. The highest BCUT2D eigenvalue weighted by atomic mass is 19.1. The number of aromatic nitrogens is 3. The molecule has 5 nitrogen and oxygen atoms in total. The van der Waals surface area contributed by atoms with Crippen LogP contribution in [0.3, 0.4) is 0 Å². The second-order valence-electron chi connectivity index (χ2n) is 6.18. The number of benzene rings is 1. The van der Waals surface area contributed by atoms with Crippen LogP contribution in [0.25, 0.3) is 16.6 Å². The molecule has 1 aromatic carbocycles. The highest BCUT2D eigenvalue weighted by molar-refractivity contribution is 5.79. The molecule has 0 radical (unpaired) electrons. The lowest BCUT2D eigenvalue weighted by Gasteiger charge is -2.27. The molecule has 0 N–H and O–H groups in total. The third kappa shape index (κ3) is 2.26. The molecule has 1 aliphatic carbocycles. The lowest BCUT2D eigenvalue weighted by Crippen LogP contribution is -2.41. The molecule has 0 saturated heterocycles. The Kier molecular flexibility index (Phi) is 3.52. The fourth-order valence-corrected chi connectivity index (χ4v) is 3.20. The van der Waals surface area contributed by atoms with E-state index in [9.17, 15) is 14.0 Å². The molecule has 3 aromatic rings. The van der Waals surface area contributed by atoms with E-state index in [1.807, 2.05) is 0 Å². The third-order valence-electron chi connectivity index (χ3n) is 4.69. The van der Waals surface area contributed by atoms with E-state index in [2.05, 4.69) is 4.98 Å². The highest BCUT2D eigenvalue weighted by Crippen LogP contribution is 2.28. The van der Waals surface area contributed by atoms with Crippen LogP contribution in [0.1, 0.15) is 19.3 Å². The molecule has 1 aliphatic rings. The van der Waals surface area contributed by atoms with Gasteiger partial charge in [-0.1, -0.05) is 12.5 Å². The molecule has 0 amide bonds. The Labute approximate surface area is 137 Å². The van der Waals surface area contributed by atoms with E-state index < -0.39 is 17.1 Å². The molecule has 0 unspecified atom stereocenters. The van der Waals surface area contributed by atoms with Crippen LogP contribution < -0.4 is 11.2 Å². The zero-order chi connectivity index (χ0) is 16.7. The zero-order valence-corrected chi connectivity index (χ0v) is 13.0. The van der Waals surface area contributed by atoms with Gasteiger partial charge in [0.1, 0.15) is 5.82 Å². The summed E-state index contributed by atoms with van der Waals surface area (Å²) in [5.41, 5.74) is -0.388. The summed E-state index contributed by atoms with van der Waals surface area (Å²) in [5.74, 6) is -0.216. The maximum Gasteiger partial charge on any atom is 0.336 e. The van der Waals surface area contributed by atoms with Crippen molar-refractivity contribution in [3.8, 4) is 5.69 Å². The normalized spacial score (nSPS) is 14.7. The fourth-order valence-electron chi connectivity index (χ4n) is 3.20. The van der Waals surface area contributed by atoms with Gasteiger partial charge in [0.15, 0.2) is 0 Å². The topological polar surface area (TPSA) is 56.9 Å². The van der Waals surface area contributed by atoms with Crippen LogP contribution in [0.15, 0.2) is 52.3 Å². The van der Waals surface area contributed by atoms with E-state index >= 15 is 0 Å². The van der Waals surface area contributed by atoms with Crippen LogP contribution in [-0.4, -0.2) is 14.1 Å². The Balaban J connectivity index is 2.07. The van der Waals surface area contributed by atoms with Crippen molar-refractivity contribution < 1.29 is 4.39 Å². The van der Waals surface area contributed by atoms with Gasteiger partial charge in [-0.3, -0.25) is 14.3 Å². The fraction of sp³-hybridized carbons (Fsp3) is 0.278. The van der Waals surface area contributed by atoms with Gasteiger partial charge < -0.3 is 0 Å². The minimum atomic E-state index is -0.647. The number of pyridine rings is 1. The molecule has 1 fully saturated rings. The monoisotopic (exact) mass is 325 g/mol. The molecule has 2 heterocycles. The number of halogens is 1. The molecule has 1 saturated carbocycles. The van der Waals surface area contributed by atoms with Crippen LogP contribution in [0.2, 0.25) is 0 Å². The van der Waals surface area contributed by atoms with Crippen molar-refractivity contribution in [2.75, 3.05) is 0 Å². The average molecular weight is 325 g/mol. The summed E-state index contributed by atoms with van der Waals surface area (Å²) in [6.07, 6.45) is 6.24. The summed E-state index contributed by atoms with van der Waals surface area (Å²) < 4.78 is 16.9. The Morgan fingerprint density at radius 2 is 2.00 bits per heavy atom. The standard InChI is InChI=1S/C18H16FN3O2/c19-14-7-2-8-15-16(14)17(23)22(13-6-3-9-20-10-13)18(24)21(15)11-12-4-1-5-12/h2-3,6-10,12H,1,4-5,11H2. The van der Waals surface area contributed by atoms with Gasteiger partial charge in [0.2, 0.25) is 0 Å². The van der Waals surface area contributed by atoms with Gasteiger partial charge in [0.05, 0.1) is 22.8 Å². The largest absolute Gasteiger partial charge is 0.336 e. The second kappa shape index (κ2) is 5.70. The van der Waals surface area contributed by atoms with Gasteiger partial charge in [-0.25, -0.2) is 13.8 Å². The van der Waals surface area contributed by atoms with Gasteiger partial charge in [-0.05, 0) is 43.0 Å². The second-order valence-corrected chi connectivity index (χ2v) is 6.18. The highest BCUT2D eigenvalue weighted by Gasteiger charge is 2.22. The van der Waals surface area contributed by atoms with Crippen molar-refractivity contribution in [3.63, 3.8) is 0 Å². The van der Waals surface area contributed by atoms with Gasteiger partial charge in [-0.15, -0.1) is 0 Å². The Hall–Kier alpha value is -2.76. The number of hydrogen-bond acceptors (Lipinski definition) is 3. The summed E-state index contributed by atoms with van der Waals surface area (Å²) in [5, 5.41) is -0.0553. The first-order valence-corrected chi connectivity index (χ1v) is 8.01. The first-order valence-electron chi connectivity index (χ1n) is 8.01. The van der Waals surface area contributed by atoms with Crippen molar-refractivity contribution in [3.05, 3.63) is 69.4 Å². The smallest absolute Gasteiger partial charge is 0.292 e. The molecule has 24 heavy (non-hydrogen) atoms. The van der Waals surface area contributed by atoms with E-state index in [4.69, 9.17) is 0 Å². The average Bonchev–Trinajstić information content (AvgIpc) is 2.54. The third-order valence-corrected chi connectivity index (χ3v) is 4.69. The Morgan fingerprint density at radius 1 is 1.17 bits per heavy atom. The summed E-state index contributed by atoms with van der Waals surface area (Å²) in [7, 11) is 0. The minimum Gasteiger partial charge on any atom is -0.292 e. The molecular formula is C18H16FN3O2. The molecule has 6 heteroatoms. The predicted octanol–water partition coefficient (Wildman–Crippen LogP) is 2.49. The molecule has 2 aromatic heterocycles. The van der Waals surface area contributed by atoms with E-state index in [0.717, 1.165) is 23.8 Å². The maximum absolute atomic E-state index is 14.3. The van der Waals surface area contributed by atoms with Crippen molar-refractivity contribution in [2.45, 2.75) is 25.8 Å². The molecule has 122 valence electrons. The first kappa shape index (κ1) is 14.8. The summed E-state index contributed by atoms with van der Waals surface area (Å²) in [4.78, 5) is 29.7. The van der Waals surface area contributed by atoms with E-state index in [-0.39, 0.29) is 5.39 Å². The zero-order valence-electron chi connectivity index (χ0n) is 13.0. The maximum atomic E-state index is 14.3. The Bertz CT molecular complexity index is 1020. The lowest BCUT2D eigenvalue weighted by atomic mass is 9.85. The quantitative estimate of drug-likeness (QED) is 0.743. The molecule has 0 aliphatic heterocycles. The lowest BCUT2D eigenvalue weighted by molar-refractivity contribution is 0.275. The molecule has 4 rings (SSSR count). The summed E-state index contributed by atoms with van der Waals surface area (Å²) >= 11 is 0. The van der Waals surface area contributed by atoms with Crippen LogP contribution in [0, 0.1) is 11.7 Å². The van der Waals surface area contributed by atoms with Gasteiger partial charge >= 0.3 is 5.69 Å². The number of fused-ring (bicyclic) bond motifs is 1. The predicted molar refractivity (Wildman–Crippen MR) is 88.9 cm³/mol. The SMILES string of the molecule is O=c1c2c(F)cccc2n(CC2CCC2)c(=O)n1-c1cccnc1. The van der Waals surface area contributed by atoms with Crippen LogP contribution in [-0.2, 0) is 6.54 Å². The number of rotatable bonds is 3. The molecule has 0 spiro atoms. The molecule has 0 atom stereocenters. The van der Waals surface area contributed by atoms with E-state index in [0.29, 0.717) is 23.7 Å². The number of nitrogens with zero attached hydrogens (tertiary/aromatic N) is 3. The summed E-state index contributed by atoms with van der Waals surface area (Å²) in [6.45, 7) is 0.499. The van der Waals surface area contributed by atoms with Gasteiger partial charge in [0, 0.05) is 12.7 Å². The first-order chi connectivity index (χ1) is 11.7.